The lowest BCUT2D eigenvalue weighted by Crippen LogP contribution is -2.25. The molecule has 0 aliphatic rings. The second kappa shape index (κ2) is 6.58. The van der Waals surface area contributed by atoms with Crippen molar-refractivity contribution in [3.05, 3.63) is 64.0 Å². The van der Waals surface area contributed by atoms with Gasteiger partial charge in [0.15, 0.2) is 0 Å². The molecule has 22 heavy (non-hydrogen) atoms. The molecule has 0 spiro atoms. The summed E-state index contributed by atoms with van der Waals surface area (Å²) in [5.41, 5.74) is 2.79. The summed E-state index contributed by atoms with van der Waals surface area (Å²) in [6.07, 6.45) is 0.822. The fourth-order valence-corrected chi connectivity index (χ4v) is 2.79. The Labute approximate surface area is 132 Å². The maximum atomic E-state index is 12.0. The van der Waals surface area contributed by atoms with E-state index < -0.39 is 0 Å². The topological polar surface area (TPSA) is 55.1 Å². The Morgan fingerprint density at radius 3 is 2.82 bits per heavy atom. The first-order chi connectivity index (χ1) is 10.7. The fraction of sp³-hybridized carbons (Fsp3) is 0.176. The summed E-state index contributed by atoms with van der Waals surface area (Å²) in [5, 5.41) is 8.84. The predicted molar refractivity (Wildman–Crippen MR) is 87.0 cm³/mol. The van der Waals surface area contributed by atoms with E-state index in [4.69, 9.17) is 4.52 Å². The van der Waals surface area contributed by atoms with E-state index in [0.29, 0.717) is 12.2 Å². The Bertz CT molecular complexity index is 745. The van der Waals surface area contributed by atoms with Crippen LogP contribution in [0.25, 0.3) is 11.3 Å². The fourth-order valence-electron chi connectivity index (χ4n) is 2.08. The summed E-state index contributed by atoms with van der Waals surface area (Å²) >= 11 is 1.69. The van der Waals surface area contributed by atoms with E-state index >= 15 is 0 Å². The highest BCUT2D eigenvalue weighted by Gasteiger charge is 2.13. The van der Waals surface area contributed by atoms with Gasteiger partial charge in [-0.3, -0.25) is 4.79 Å². The molecular weight excluding hydrogens is 296 g/mol. The van der Waals surface area contributed by atoms with Gasteiger partial charge in [-0.05, 0) is 24.8 Å². The van der Waals surface area contributed by atoms with Crippen LogP contribution in [-0.2, 0) is 6.42 Å². The van der Waals surface area contributed by atoms with E-state index in [2.05, 4.69) is 16.5 Å². The van der Waals surface area contributed by atoms with Crippen molar-refractivity contribution in [1.82, 2.24) is 10.5 Å². The summed E-state index contributed by atoms with van der Waals surface area (Å²) in [7, 11) is 0. The van der Waals surface area contributed by atoms with Crippen LogP contribution in [0.15, 0.2) is 52.4 Å². The first kappa shape index (κ1) is 14.5. The number of benzene rings is 1. The van der Waals surface area contributed by atoms with Gasteiger partial charge in [0.1, 0.15) is 5.69 Å². The van der Waals surface area contributed by atoms with Crippen LogP contribution in [0, 0.1) is 6.92 Å². The van der Waals surface area contributed by atoms with Crippen molar-refractivity contribution >= 4 is 17.2 Å². The van der Waals surface area contributed by atoms with E-state index in [9.17, 15) is 4.79 Å². The summed E-state index contributed by atoms with van der Waals surface area (Å²) in [4.78, 5) is 13.3. The first-order valence-corrected chi connectivity index (χ1v) is 7.95. The van der Waals surface area contributed by atoms with Gasteiger partial charge in [-0.1, -0.05) is 41.1 Å². The Morgan fingerprint density at radius 2 is 2.09 bits per heavy atom. The third-order valence-corrected chi connectivity index (χ3v) is 4.25. The predicted octanol–water partition coefficient (Wildman–Crippen LogP) is 3.68. The number of carbonyl (C=O) groups is 1. The van der Waals surface area contributed by atoms with Crippen LogP contribution in [-0.4, -0.2) is 17.6 Å². The number of carbonyl (C=O) groups excluding carboxylic acids is 1. The number of hydrogen-bond acceptors (Lipinski definition) is 4. The molecule has 1 N–H and O–H groups in total. The molecule has 0 atom stereocenters. The highest BCUT2D eigenvalue weighted by Crippen LogP contribution is 2.19. The molecule has 0 saturated heterocycles. The van der Waals surface area contributed by atoms with Crippen molar-refractivity contribution in [2.24, 2.45) is 0 Å². The number of thiophene rings is 1. The lowest BCUT2D eigenvalue weighted by molar-refractivity contribution is 0.0917. The van der Waals surface area contributed by atoms with Gasteiger partial charge in [0.25, 0.3) is 5.91 Å². The van der Waals surface area contributed by atoms with Crippen molar-refractivity contribution in [3.8, 4) is 11.3 Å². The van der Waals surface area contributed by atoms with Gasteiger partial charge in [-0.2, -0.15) is 0 Å². The summed E-state index contributed by atoms with van der Waals surface area (Å²) in [6.45, 7) is 2.61. The molecule has 0 aliphatic heterocycles. The molecular formula is C17H16N2O2S. The first-order valence-electron chi connectivity index (χ1n) is 7.07. The highest BCUT2D eigenvalue weighted by molar-refractivity contribution is 7.09. The van der Waals surface area contributed by atoms with Crippen LogP contribution < -0.4 is 5.32 Å². The molecule has 4 nitrogen and oxygen atoms in total. The zero-order valence-corrected chi connectivity index (χ0v) is 13.0. The minimum absolute atomic E-state index is 0.234. The summed E-state index contributed by atoms with van der Waals surface area (Å²) in [5.74, 6) is 0.00386. The van der Waals surface area contributed by atoms with E-state index in [1.54, 1.807) is 17.4 Å². The molecule has 112 valence electrons. The standard InChI is InChI=1S/C17H16N2O2S/c1-12-4-6-13(7-5-12)15-11-16(21-19-15)17(20)18-9-8-14-3-2-10-22-14/h2-7,10-11H,8-9H2,1H3,(H,18,20). The lowest BCUT2D eigenvalue weighted by Gasteiger charge is -2.00. The summed E-state index contributed by atoms with van der Waals surface area (Å²) in [6, 6.07) is 13.7. The van der Waals surface area contributed by atoms with Crippen molar-refractivity contribution in [3.63, 3.8) is 0 Å². The zero-order chi connectivity index (χ0) is 15.4. The Kier molecular flexibility index (Phi) is 4.34. The van der Waals surface area contributed by atoms with Crippen LogP contribution in [0.2, 0.25) is 0 Å². The molecule has 2 aromatic heterocycles. The molecule has 0 fully saturated rings. The third kappa shape index (κ3) is 3.43. The zero-order valence-electron chi connectivity index (χ0n) is 12.2. The number of nitrogens with one attached hydrogen (secondary N) is 1. The molecule has 3 aromatic rings. The van der Waals surface area contributed by atoms with Crippen molar-refractivity contribution in [2.45, 2.75) is 13.3 Å². The Hall–Kier alpha value is -2.40. The second-order valence-corrected chi connectivity index (χ2v) is 6.06. The number of aryl methyl sites for hydroxylation is 1. The minimum Gasteiger partial charge on any atom is -0.350 e. The number of hydrogen-bond donors (Lipinski definition) is 1. The molecule has 0 radical (unpaired) electrons. The normalized spacial score (nSPS) is 10.6. The number of rotatable bonds is 5. The molecule has 0 unspecified atom stereocenters. The molecule has 3 rings (SSSR count). The van der Waals surface area contributed by atoms with E-state index in [-0.39, 0.29) is 11.7 Å². The summed E-state index contributed by atoms with van der Waals surface area (Å²) < 4.78 is 5.14. The van der Waals surface area contributed by atoms with Gasteiger partial charge < -0.3 is 9.84 Å². The number of aromatic nitrogens is 1. The minimum atomic E-state index is -0.234. The van der Waals surface area contributed by atoms with Gasteiger partial charge in [-0.15, -0.1) is 11.3 Å². The van der Waals surface area contributed by atoms with Gasteiger partial charge in [-0.25, -0.2) is 0 Å². The average Bonchev–Trinajstić information content (AvgIpc) is 3.19. The quantitative estimate of drug-likeness (QED) is 0.782. The van der Waals surface area contributed by atoms with E-state index in [1.165, 1.54) is 10.4 Å². The molecule has 2 heterocycles. The van der Waals surface area contributed by atoms with Crippen LogP contribution in [0.1, 0.15) is 21.0 Å². The van der Waals surface area contributed by atoms with Gasteiger partial charge in [0.2, 0.25) is 5.76 Å². The molecule has 1 aromatic carbocycles. The maximum absolute atomic E-state index is 12.0. The van der Waals surface area contributed by atoms with Gasteiger partial charge in [0, 0.05) is 23.1 Å². The molecule has 1 amide bonds. The maximum Gasteiger partial charge on any atom is 0.289 e. The lowest BCUT2D eigenvalue weighted by atomic mass is 10.1. The smallest absolute Gasteiger partial charge is 0.289 e. The average molecular weight is 312 g/mol. The Morgan fingerprint density at radius 1 is 1.27 bits per heavy atom. The second-order valence-electron chi connectivity index (χ2n) is 5.03. The monoisotopic (exact) mass is 312 g/mol. The van der Waals surface area contributed by atoms with Gasteiger partial charge >= 0.3 is 0 Å². The van der Waals surface area contributed by atoms with Crippen molar-refractivity contribution < 1.29 is 9.32 Å². The van der Waals surface area contributed by atoms with Crippen molar-refractivity contribution in [2.75, 3.05) is 6.54 Å². The molecule has 5 heteroatoms. The third-order valence-electron chi connectivity index (χ3n) is 3.32. The molecule has 0 saturated carbocycles. The molecule has 0 aliphatic carbocycles. The molecule has 0 bridgehead atoms. The number of amides is 1. The van der Waals surface area contributed by atoms with E-state index in [0.717, 1.165) is 12.0 Å². The largest absolute Gasteiger partial charge is 0.350 e. The SMILES string of the molecule is Cc1ccc(-c2cc(C(=O)NCCc3cccs3)on2)cc1. The van der Waals surface area contributed by atoms with Gasteiger partial charge in [0.05, 0.1) is 0 Å². The Balaban J connectivity index is 1.60. The van der Waals surface area contributed by atoms with Crippen LogP contribution in [0.5, 0.6) is 0 Å². The van der Waals surface area contributed by atoms with Crippen molar-refractivity contribution in [1.29, 1.82) is 0 Å². The highest BCUT2D eigenvalue weighted by atomic mass is 32.1. The number of nitrogens with zero attached hydrogens (tertiary/aromatic N) is 1. The van der Waals surface area contributed by atoms with E-state index in [1.807, 2.05) is 42.6 Å². The van der Waals surface area contributed by atoms with Crippen LogP contribution in [0.4, 0.5) is 0 Å². The van der Waals surface area contributed by atoms with Crippen LogP contribution >= 0.6 is 11.3 Å². The van der Waals surface area contributed by atoms with Crippen LogP contribution in [0.3, 0.4) is 0 Å².